The Bertz CT molecular complexity index is 492. The van der Waals surface area contributed by atoms with Crippen LogP contribution in [0.2, 0.25) is 0 Å². The zero-order valence-corrected chi connectivity index (χ0v) is 11.7. The smallest absolute Gasteiger partial charge is 0.322 e. The molecule has 0 radical (unpaired) electrons. The van der Waals surface area contributed by atoms with Crippen molar-refractivity contribution in [2.75, 3.05) is 26.7 Å². The van der Waals surface area contributed by atoms with Gasteiger partial charge in [-0.3, -0.25) is 9.69 Å². The summed E-state index contributed by atoms with van der Waals surface area (Å²) in [5.41, 5.74) is 0.924. The van der Waals surface area contributed by atoms with Gasteiger partial charge in [-0.25, -0.2) is 0 Å². The molecule has 2 atom stereocenters. The molecule has 0 aliphatic carbocycles. The van der Waals surface area contributed by atoms with Crippen molar-refractivity contribution < 1.29 is 19.7 Å². The monoisotopic (exact) mass is 280 g/mol. The van der Waals surface area contributed by atoms with Crippen molar-refractivity contribution in [2.45, 2.75) is 19.0 Å². The van der Waals surface area contributed by atoms with E-state index in [0.717, 1.165) is 12.1 Å². The van der Waals surface area contributed by atoms with Gasteiger partial charge in [-0.1, -0.05) is 6.07 Å². The Labute approximate surface area is 118 Å². The van der Waals surface area contributed by atoms with Gasteiger partial charge in [0.25, 0.3) is 0 Å². The third-order valence-corrected chi connectivity index (χ3v) is 3.75. The lowest BCUT2D eigenvalue weighted by Gasteiger charge is -2.38. The highest BCUT2D eigenvalue weighted by molar-refractivity contribution is 5.74. The normalized spacial score (nSPS) is 21.4. The van der Waals surface area contributed by atoms with Crippen LogP contribution in [-0.4, -0.2) is 53.9 Å². The Balaban J connectivity index is 2.24. The van der Waals surface area contributed by atoms with Crippen LogP contribution in [0.4, 0.5) is 0 Å². The molecule has 0 bridgehead atoms. The number of hydrogen-bond acceptors (Lipinski definition) is 5. The number of phenolic OH excluding ortho intramolecular Hbond substituents is 1. The molecule has 1 aromatic carbocycles. The molecular formula is C14H20N2O4. The summed E-state index contributed by atoms with van der Waals surface area (Å²) in [6, 6.07) is 4.51. The summed E-state index contributed by atoms with van der Waals surface area (Å²) in [4.78, 5) is 13.3. The summed E-state index contributed by atoms with van der Waals surface area (Å²) in [5, 5.41) is 22.0. The lowest BCUT2D eigenvalue weighted by Crippen LogP contribution is -2.55. The van der Waals surface area contributed by atoms with Crippen LogP contribution in [0, 0.1) is 0 Å². The van der Waals surface area contributed by atoms with Crippen molar-refractivity contribution in [1.82, 2.24) is 10.2 Å². The number of piperazine rings is 1. The summed E-state index contributed by atoms with van der Waals surface area (Å²) in [5.74, 6) is -0.343. The molecule has 6 heteroatoms. The Hall–Kier alpha value is -1.79. The fourth-order valence-corrected chi connectivity index (χ4v) is 2.56. The highest BCUT2D eigenvalue weighted by atomic mass is 16.5. The van der Waals surface area contributed by atoms with Crippen LogP contribution in [0.3, 0.4) is 0 Å². The number of benzene rings is 1. The van der Waals surface area contributed by atoms with Gasteiger partial charge in [0, 0.05) is 25.7 Å². The molecule has 20 heavy (non-hydrogen) atoms. The Morgan fingerprint density at radius 1 is 1.55 bits per heavy atom. The lowest BCUT2D eigenvalue weighted by atomic mass is 10.0. The first-order valence-electron chi connectivity index (χ1n) is 6.60. The van der Waals surface area contributed by atoms with Crippen molar-refractivity contribution in [1.29, 1.82) is 0 Å². The van der Waals surface area contributed by atoms with E-state index in [9.17, 15) is 15.0 Å². The molecule has 1 aromatic rings. The first-order valence-corrected chi connectivity index (χ1v) is 6.60. The molecule has 0 amide bonds. The van der Waals surface area contributed by atoms with Crippen LogP contribution >= 0.6 is 0 Å². The van der Waals surface area contributed by atoms with E-state index in [2.05, 4.69) is 5.32 Å². The van der Waals surface area contributed by atoms with Crippen molar-refractivity contribution in [3.05, 3.63) is 23.8 Å². The predicted molar refractivity (Wildman–Crippen MR) is 74.1 cm³/mol. The minimum atomic E-state index is -0.824. The first kappa shape index (κ1) is 14.6. The quantitative estimate of drug-likeness (QED) is 0.757. The van der Waals surface area contributed by atoms with E-state index in [1.165, 1.54) is 7.11 Å². The molecule has 0 aromatic heterocycles. The third-order valence-electron chi connectivity index (χ3n) is 3.75. The van der Waals surface area contributed by atoms with E-state index in [1.807, 2.05) is 11.8 Å². The van der Waals surface area contributed by atoms with Gasteiger partial charge in [-0.15, -0.1) is 0 Å². The maximum atomic E-state index is 11.3. The summed E-state index contributed by atoms with van der Waals surface area (Å²) >= 11 is 0. The first-order chi connectivity index (χ1) is 9.54. The molecule has 1 fully saturated rings. The zero-order chi connectivity index (χ0) is 14.7. The van der Waals surface area contributed by atoms with Crippen LogP contribution in [0.15, 0.2) is 18.2 Å². The van der Waals surface area contributed by atoms with Crippen LogP contribution < -0.4 is 10.1 Å². The zero-order valence-electron chi connectivity index (χ0n) is 11.7. The average molecular weight is 280 g/mol. The second-order valence-corrected chi connectivity index (χ2v) is 4.90. The van der Waals surface area contributed by atoms with E-state index in [1.54, 1.807) is 18.2 Å². The fourth-order valence-electron chi connectivity index (χ4n) is 2.56. The number of aliphatic carboxylic acids is 1. The number of nitrogens with zero attached hydrogens (tertiary/aromatic N) is 1. The average Bonchev–Trinajstić information content (AvgIpc) is 2.47. The molecule has 0 spiro atoms. The minimum Gasteiger partial charge on any atom is -0.504 e. The van der Waals surface area contributed by atoms with Gasteiger partial charge in [0.15, 0.2) is 11.5 Å². The third kappa shape index (κ3) is 2.86. The number of methoxy groups -OCH3 is 1. The van der Waals surface area contributed by atoms with Crippen molar-refractivity contribution in [3.8, 4) is 11.5 Å². The number of rotatable bonds is 4. The molecule has 3 N–H and O–H groups in total. The summed E-state index contributed by atoms with van der Waals surface area (Å²) in [6.45, 7) is 3.84. The van der Waals surface area contributed by atoms with Gasteiger partial charge in [-0.05, 0) is 24.6 Å². The number of carbonyl (C=O) groups is 1. The Morgan fingerprint density at radius 3 is 2.95 bits per heavy atom. The van der Waals surface area contributed by atoms with Crippen LogP contribution in [0.1, 0.15) is 18.5 Å². The number of aromatic hydroxyl groups is 1. The molecule has 1 heterocycles. The molecule has 1 aliphatic heterocycles. The van der Waals surface area contributed by atoms with Gasteiger partial charge in [0.05, 0.1) is 7.11 Å². The second kappa shape index (κ2) is 6.11. The van der Waals surface area contributed by atoms with Crippen LogP contribution in [0.25, 0.3) is 0 Å². The largest absolute Gasteiger partial charge is 0.504 e. The number of nitrogens with one attached hydrogen (secondary N) is 1. The van der Waals surface area contributed by atoms with E-state index >= 15 is 0 Å². The summed E-state index contributed by atoms with van der Waals surface area (Å²) in [7, 11) is 1.49. The van der Waals surface area contributed by atoms with Gasteiger partial charge >= 0.3 is 5.97 Å². The van der Waals surface area contributed by atoms with Crippen molar-refractivity contribution >= 4 is 5.97 Å². The van der Waals surface area contributed by atoms with E-state index in [-0.39, 0.29) is 11.8 Å². The fraction of sp³-hybridized carbons (Fsp3) is 0.500. The highest BCUT2D eigenvalue weighted by Gasteiger charge is 2.32. The number of phenols is 1. The molecule has 0 saturated carbocycles. The van der Waals surface area contributed by atoms with Crippen LogP contribution in [-0.2, 0) is 4.79 Å². The predicted octanol–water partition coefficient (Wildman–Crippen LogP) is 0.820. The minimum absolute atomic E-state index is 0.0623. The molecule has 110 valence electrons. The SMILES string of the molecule is COc1cc(C(C)N2CCNCC2C(=O)O)ccc1O. The Kier molecular flexibility index (Phi) is 4.46. The van der Waals surface area contributed by atoms with Gasteiger partial charge in [0.2, 0.25) is 0 Å². The van der Waals surface area contributed by atoms with Gasteiger partial charge in [-0.2, -0.15) is 0 Å². The lowest BCUT2D eigenvalue weighted by molar-refractivity contribution is -0.145. The van der Waals surface area contributed by atoms with E-state index in [4.69, 9.17) is 4.74 Å². The van der Waals surface area contributed by atoms with Gasteiger partial charge in [0.1, 0.15) is 6.04 Å². The summed E-state index contributed by atoms with van der Waals surface area (Å²) < 4.78 is 5.10. The molecule has 2 rings (SSSR count). The summed E-state index contributed by atoms with van der Waals surface area (Å²) in [6.07, 6.45) is 0. The maximum absolute atomic E-state index is 11.3. The molecule has 1 saturated heterocycles. The van der Waals surface area contributed by atoms with Crippen molar-refractivity contribution in [2.24, 2.45) is 0 Å². The topological polar surface area (TPSA) is 82.0 Å². The molecule has 2 unspecified atom stereocenters. The highest BCUT2D eigenvalue weighted by Crippen LogP contribution is 2.31. The standard InChI is InChI=1S/C14H20N2O4/c1-9(10-3-4-12(17)13(7-10)20-2)16-6-5-15-8-11(16)14(18)19/h3-4,7,9,11,15,17H,5-6,8H2,1-2H3,(H,18,19). The van der Waals surface area contributed by atoms with Crippen molar-refractivity contribution in [3.63, 3.8) is 0 Å². The van der Waals surface area contributed by atoms with Crippen LogP contribution in [0.5, 0.6) is 11.5 Å². The molecule has 6 nitrogen and oxygen atoms in total. The van der Waals surface area contributed by atoms with Gasteiger partial charge < -0.3 is 20.3 Å². The molecule has 1 aliphatic rings. The number of hydrogen-bond donors (Lipinski definition) is 3. The van der Waals surface area contributed by atoms with E-state index < -0.39 is 12.0 Å². The number of carboxylic acid groups (broad SMARTS) is 1. The Morgan fingerprint density at radius 2 is 2.30 bits per heavy atom. The molecular weight excluding hydrogens is 260 g/mol. The number of ether oxygens (including phenoxy) is 1. The second-order valence-electron chi connectivity index (χ2n) is 4.90. The maximum Gasteiger partial charge on any atom is 0.322 e. The van der Waals surface area contributed by atoms with E-state index in [0.29, 0.717) is 18.8 Å². The number of carboxylic acids is 1.